The maximum Gasteiger partial charge on any atom is 0.350 e. The lowest BCUT2D eigenvalue weighted by Gasteiger charge is -2.38. The number of allylic oxidation sites excluding steroid dienone is 2. The number of hydrogen-bond acceptors (Lipinski definition) is 9. The average Bonchev–Trinajstić information content (AvgIpc) is 3.79. The second kappa shape index (κ2) is 17.3. The first kappa shape index (κ1) is 36.6. The van der Waals surface area contributed by atoms with Crippen molar-refractivity contribution in [2.45, 2.75) is 52.0 Å². The monoisotopic (exact) mass is 692 g/mol. The highest BCUT2D eigenvalue weighted by molar-refractivity contribution is 5.51. The highest BCUT2D eigenvalue weighted by Crippen LogP contribution is 2.31. The lowest BCUT2D eigenvalue weighted by molar-refractivity contribution is -0.247. The first-order valence-electron chi connectivity index (χ1n) is 17.0. The standard InChI is InChI=1S/C36H46F2N8O4/c1-5-29(6-2)46-35(47)45(27-41-46)32-13-11-31(12-14-32)43-18-16-42(17-19-43)30(7-3)9-8-20-49-21-22-50-36(48-4,24-44-26-39-25-40-44)33-15-10-28(37)23-34(33)38/h7-15,23,25-27,29H,5-6,16-22,24H2,1-4H3/b9-8-,30-7+. The van der Waals surface area contributed by atoms with Gasteiger partial charge in [-0.2, -0.15) is 10.2 Å². The Morgan fingerprint density at radius 3 is 2.36 bits per heavy atom. The minimum Gasteiger partial charge on any atom is -0.375 e. The Kier molecular flexibility index (Phi) is 12.7. The van der Waals surface area contributed by atoms with Gasteiger partial charge in [0.25, 0.3) is 0 Å². The topological polar surface area (TPSA) is 105 Å². The number of nitrogens with zero attached hydrogens (tertiary/aromatic N) is 8. The Hall–Kier alpha value is -4.66. The van der Waals surface area contributed by atoms with Crippen LogP contribution in [0.25, 0.3) is 5.69 Å². The summed E-state index contributed by atoms with van der Waals surface area (Å²) >= 11 is 0. The van der Waals surface area contributed by atoms with E-state index in [1.165, 1.54) is 30.5 Å². The van der Waals surface area contributed by atoms with Crippen molar-refractivity contribution < 1.29 is 23.0 Å². The molecule has 1 unspecified atom stereocenters. The summed E-state index contributed by atoms with van der Waals surface area (Å²) in [4.78, 5) is 21.6. The summed E-state index contributed by atoms with van der Waals surface area (Å²) in [5.41, 5.74) is 2.95. The smallest absolute Gasteiger partial charge is 0.350 e. The zero-order chi connectivity index (χ0) is 35.5. The number of methoxy groups -OCH3 is 1. The molecule has 2 aromatic carbocycles. The number of rotatable bonds is 17. The van der Waals surface area contributed by atoms with Crippen LogP contribution in [0.3, 0.4) is 0 Å². The molecule has 5 rings (SSSR count). The van der Waals surface area contributed by atoms with E-state index in [1.807, 2.05) is 31.2 Å². The predicted molar refractivity (Wildman–Crippen MR) is 186 cm³/mol. The van der Waals surface area contributed by atoms with Gasteiger partial charge < -0.3 is 24.0 Å². The van der Waals surface area contributed by atoms with Gasteiger partial charge in [0.05, 0.1) is 31.5 Å². The van der Waals surface area contributed by atoms with Crippen molar-refractivity contribution in [1.29, 1.82) is 0 Å². The maximum atomic E-state index is 14.8. The first-order valence-corrected chi connectivity index (χ1v) is 17.0. The fraction of sp³-hybridized carbons (Fsp3) is 0.444. The van der Waals surface area contributed by atoms with Gasteiger partial charge in [-0.05, 0) is 62.2 Å². The van der Waals surface area contributed by atoms with Gasteiger partial charge in [0.1, 0.15) is 37.2 Å². The van der Waals surface area contributed by atoms with Crippen LogP contribution in [0.1, 0.15) is 45.2 Å². The van der Waals surface area contributed by atoms with Crippen molar-refractivity contribution in [2.24, 2.45) is 0 Å². The number of aromatic nitrogens is 6. The van der Waals surface area contributed by atoms with E-state index in [1.54, 1.807) is 15.6 Å². The molecule has 1 aliphatic rings. The van der Waals surface area contributed by atoms with Gasteiger partial charge in [-0.3, -0.25) is 0 Å². The summed E-state index contributed by atoms with van der Waals surface area (Å²) in [6.45, 7) is 10.2. The number of halogens is 2. The van der Waals surface area contributed by atoms with E-state index in [4.69, 9.17) is 14.2 Å². The zero-order valence-electron chi connectivity index (χ0n) is 29.1. The van der Waals surface area contributed by atoms with Crippen molar-refractivity contribution in [1.82, 2.24) is 34.0 Å². The Balaban J connectivity index is 1.09. The molecule has 1 atom stereocenters. The van der Waals surface area contributed by atoms with Crippen molar-refractivity contribution in [3.8, 4) is 5.69 Å². The van der Waals surface area contributed by atoms with Crippen molar-refractivity contribution in [3.63, 3.8) is 0 Å². The van der Waals surface area contributed by atoms with E-state index in [2.05, 4.69) is 57.0 Å². The molecule has 3 heterocycles. The van der Waals surface area contributed by atoms with Crippen LogP contribution in [0.15, 0.2) is 90.2 Å². The molecular formula is C36H46F2N8O4. The second-order valence-electron chi connectivity index (χ2n) is 11.9. The van der Waals surface area contributed by atoms with Gasteiger partial charge in [-0.25, -0.2) is 32.5 Å². The van der Waals surface area contributed by atoms with Gasteiger partial charge >= 0.3 is 5.69 Å². The molecule has 1 aliphatic heterocycles. The molecule has 0 N–H and O–H groups in total. The average molecular weight is 693 g/mol. The molecule has 12 nitrogen and oxygen atoms in total. The highest BCUT2D eigenvalue weighted by Gasteiger charge is 2.37. The Morgan fingerprint density at radius 2 is 1.72 bits per heavy atom. The number of anilines is 1. The summed E-state index contributed by atoms with van der Waals surface area (Å²) in [5.74, 6) is -3.05. The van der Waals surface area contributed by atoms with Gasteiger partial charge in [0.2, 0.25) is 5.79 Å². The minimum absolute atomic E-state index is 0.00155. The second-order valence-corrected chi connectivity index (χ2v) is 11.9. The number of piperazine rings is 1. The summed E-state index contributed by atoms with van der Waals surface area (Å²) < 4.78 is 50.6. The normalized spacial score (nSPS) is 15.4. The number of hydrogen-bond donors (Lipinski definition) is 0. The lowest BCUT2D eigenvalue weighted by atomic mass is 10.0. The molecule has 1 fully saturated rings. The quantitative estimate of drug-likeness (QED) is 0.0852. The van der Waals surface area contributed by atoms with Crippen molar-refractivity contribution >= 4 is 5.69 Å². The highest BCUT2D eigenvalue weighted by atomic mass is 19.1. The zero-order valence-corrected chi connectivity index (χ0v) is 29.1. The van der Waals surface area contributed by atoms with Gasteiger partial charge in [-0.15, -0.1) is 0 Å². The minimum atomic E-state index is -1.57. The maximum absolute atomic E-state index is 14.8. The van der Waals surface area contributed by atoms with E-state index in [9.17, 15) is 13.6 Å². The molecule has 0 saturated carbocycles. The van der Waals surface area contributed by atoms with E-state index in [0.717, 1.165) is 68.2 Å². The largest absolute Gasteiger partial charge is 0.375 e. The SMILES string of the molecule is C/C=C(\C=C/COCCOC(Cn1cncn1)(OC)c1ccc(F)cc1F)N1CCN(c2ccc(-n3cnn(C(CC)CC)c3=O)cc2)CC1. The predicted octanol–water partition coefficient (Wildman–Crippen LogP) is 5.08. The number of benzene rings is 2. The Labute approximate surface area is 291 Å². The lowest BCUT2D eigenvalue weighted by Crippen LogP contribution is -2.45. The molecule has 0 amide bonds. The molecule has 4 aromatic rings. The fourth-order valence-electron chi connectivity index (χ4n) is 6.16. The third-order valence-corrected chi connectivity index (χ3v) is 8.99. The molecule has 0 spiro atoms. The van der Waals surface area contributed by atoms with Crippen LogP contribution in [0.4, 0.5) is 14.5 Å². The summed E-state index contributed by atoms with van der Waals surface area (Å²) in [6.07, 6.45) is 12.2. The molecule has 268 valence electrons. The molecule has 0 aliphatic carbocycles. The molecular weight excluding hydrogens is 646 g/mol. The fourth-order valence-corrected chi connectivity index (χ4v) is 6.16. The third kappa shape index (κ3) is 8.55. The van der Waals surface area contributed by atoms with Crippen molar-refractivity contribution in [3.05, 3.63) is 113 Å². The summed E-state index contributed by atoms with van der Waals surface area (Å²) in [5, 5.41) is 8.44. The third-order valence-electron chi connectivity index (χ3n) is 8.99. The molecule has 0 bridgehead atoms. The van der Waals surface area contributed by atoms with Crippen LogP contribution in [0.2, 0.25) is 0 Å². The van der Waals surface area contributed by atoms with E-state index >= 15 is 0 Å². The molecule has 2 aromatic heterocycles. The van der Waals surface area contributed by atoms with Gasteiger partial charge in [0.15, 0.2) is 0 Å². The molecule has 14 heteroatoms. The summed E-state index contributed by atoms with van der Waals surface area (Å²) in [7, 11) is 1.40. The van der Waals surface area contributed by atoms with Crippen LogP contribution in [0, 0.1) is 11.6 Å². The molecule has 50 heavy (non-hydrogen) atoms. The van der Waals surface area contributed by atoms with Crippen LogP contribution in [-0.2, 0) is 26.5 Å². The molecule has 1 saturated heterocycles. The van der Waals surface area contributed by atoms with Gasteiger partial charge in [-0.1, -0.05) is 26.0 Å². The Bertz CT molecular complexity index is 1760. The summed E-state index contributed by atoms with van der Waals surface area (Å²) in [6, 6.07) is 11.4. The van der Waals surface area contributed by atoms with E-state index < -0.39 is 17.4 Å². The van der Waals surface area contributed by atoms with Crippen LogP contribution >= 0.6 is 0 Å². The van der Waals surface area contributed by atoms with Crippen LogP contribution < -0.4 is 10.6 Å². The van der Waals surface area contributed by atoms with Crippen LogP contribution in [0.5, 0.6) is 0 Å². The Morgan fingerprint density at radius 1 is 0.980 bits per heavy atom. The van der Waals surface area contributed by atoms with E-state index in [-0.39, 0.29) is 37.1 Å². The number of ether oxygens (including phenoxy) is 3. The molecule has 0 radical (unpaired) electrons. The van der Waals surface area contributed by atoms with E-state index in [0.29, 0.717) is 6.61 Å². The van der Waals surface area contributed by atoms with Crippen molar-refractivity contribution in [2.75, 3.05) is 58.0 Å². The first-order chi connectivity index (χ1) is 24.3. The van der Waals surface area contributed by atoms with Crippen LogP contribution in [-0.4, -0.2) is 87.1 Å². The van der Waals surface area contributed by atoms with Gasteiger partial charge in [0, 0.05) is 56.3 Å².